The van der Waals surface area contributed by atoms with Gasteiger partial charge < -0.3 is 19.7 Å². The molecule has 5 rings (SSSR count). The number of hydrogen-bond donors (Lipinski definition) is 2. The van der Waals surface area contributed by atoms with E-state index in [2.05, 4.69) is 33.9 Å². The molecule has 1 saturated carbocycles. The van der Waals surface area contributed by atoms with Crippen molar-refractivity contribution in [2.45, 2.75) is 96.7 Å². The summed E-state index contributed by atoms with van der Waals surface area (Å²) in [7, 11) is -4.15. The van der Waals surface area contributed by atoms with E-state index in [1.54, 1.807) is 18.2 Å². The molecule has 0 saturated heterocycles. The van der Waals surface area contributed by atoms with E-state index in [0.717, 1.165) is 36.0 Å². The molecule has 4 bridgehead atoms. The van der Waals surface area contributed by atoms with Crippen molar-refractivity contribution in [3.8, 4) is 17.1 Å². The number of anilines is 1. The maximum atomic E-state index is 14.3. The molecule has 48 heavy (non-hydrogen) atoms. The van der Waals surface area contributed by atoms with E-state index in [0.29, 0.717) is 24.6 Å². The molecule has 2 N–H and O–H groups in total. The average molecular weight is 678 g/mol. The standard InChI is InChI=1S/C36H47N5O6S/c1-22(2)16-28-21-46-31-20-30(32-23(3)10-8-11-24(32)4)38-34(39-31)40-48(44,45)29-13-9-12-26(19-29)33(42)41(28)27-17-25(18-27)14-15-37-35(43)47-36(5,6)7/h8-13,19-20,22,25,27-28H,14-18,21H2,1-7H3,(H,37,43)(H,38,39,40)/t25?,27?,28-/m1/s1. The predicted octanol–water partition coefficient (Wildman–Crippen LogP) is 6.50. The predicted molar refractivity (Wildman–Crippen MR) is 184 cm³/mol. The van der Waals surface area contributed by atoms with Crippen LogP contribution in [0.5, 0.6) is 5.88 Å². The van der Waals surface area contributed by atoms with Crippen LogP contribution >= 0.6 is 0 Å². The number of carbonyl (C=O) groups is 2. The Bertz CT molecular complexity index is 1740. The van der Waals surface area contributed by atoms with E-state index >= 15 is 0 Å². The highest BCUT2D eigenvalue weighted by Gasteiger charge is 2.40. The third kappa shape index (κ3) is 8.44. The Morgan fingerprint density at radius 3 is 2.44 bits per heavy atom. The van der Waals surface area contributed by atoms with Gasteiger partial charge >= 0.3 is 6.09 Å². The zero-order chi connectivity index (χ0) is 34.8. The molecule has 258 valence electrons. The lowest BCUT2D eigenvalue weighted by molar-refractivity contribution is 0.0131. The maximum Gasteiger partial charge on any atom is 0.407 e. The topological polar surface area (TPSA) is 140 Å². The van der Waals surface area contributed by atoms with Gasteiger partial charge in [0.2, 0.25) is 11.8 Å². The molecule has 2 heterocycles. The molecule has 3 aromatic rings. The van der Waals surface area contributed by atoms with Gasteiger partial charge in [-0.25, -0.2) is 22.9 Å². The number of fused-ring (bicyclic) bond motifs is 4. The normalized spacial score (nSPS) is 20.7. The average Bonchev–Trinajstić information content (AvgIpc) is 2.96. The molecule has 0 radical (unpaired) electrons. The first kappa shape index (κ1) is 35.1. The van der Waals surface area contributed by atoms with E-state index < -0.39 is 21.7 Å². The summed E-state index contributed by atoms with van der Waals surface area (Å²) in [5, 5.41) is 2.83. The minimum absolute atomic E-state index is 0.0591. The van der Waals surface area contributed by atoms with Gasteiger partial charge in [0.25, 0.3) is 15.9 Å². The van der Waals surface area contributed by atoms with Crippen molar-refractivity contribution in [2.24, 2.45) is 11.8 Å². The van der Waals surface area contributed by atoms with Gasteiger partial charge in [0.1, 0.15) is 12.2 Å². The Kier molecular flexibility index (Phi) is 10.3. The van der Waals surface area contributed by atoms with Gasteiger partial charge in [-0.3, -0.25) is 4.79 Å². The van der Waals surface area contributed by atoms with Gasteiger partial charge in [-0.1, -0.05) is 38.1 Å². The lowest BCUT2D eigenvalue weighted by atomic mass is 9.76. The molecule has 0 spiro atoms. The first-order valence-electron chi connectivity index (χ1n) is 16.6. The SMILES string of the molecule is Cc1cccc(C)c1-c1cc2nc(n1)NS(=O)(=O)c1cccc(c1)C(=O)N(C1CC(CCNC(=O)OC(C)(C)C)C1)[C@H](CC(C)C)CO2. The molecule has 2 aromatic carbocycles. The van der Waals surface area contributed by atoms with Crippen molar-refractivity contribution in [3.63, 3.8) is 0 Å². The molecule has 2 amide bonds. The number of rotatable bonds is 7. The van der Waals surface area contributed by atoms with E-state index in [1.165, 1.54) is 12.1 Å². The fraction of sp³-hybridized carbons (Fsp3) is 0.500. The minimum Gasteiger partial charge on any atom is -0.475 e. The van der Waals surface area contributed by atoms with Crippen molar-refractivity contribution in [2.75, 3.05) is 17.9 Å². The van der Waals surface area contributed by atoms with Crippen LogP contribution in [-0.4, -0.2) is 66.1 Å². The number of nitrogens with zero attached hydrogens (tertiary/aromatic N) is 3. The van der Waals surface area contributed by atoms with E-state index in [1.807, 2.05) is 57.7 Å². The Balaban J connectivity index is 1.47. The summed E-state index contributed by atoms with van der Waals surface area (Å²) < 4.78 is 41.5. The second-order valence-electron chi connectivity index (χ2n) is 14.3. The van der Waals surface area contributed by atoms with Crippen molar-refractivity contribution < 1.29 is 27.5 Å². The van der Waals surface area contributed by atoms with Crippen molar-refractivity contribution in [3.05, 3.63) is 65.2 Å². The maximum absolute atomic E-state index is 14.3. The van der Waals surface area contributed by atoms with Crippen LogP contribution < -0.4 is 14.8 Å². The summed E-state index contributed by atoms with van der Waals surface area (Å²) in [5.41, 5.74) is 3.08. The Morgan fingerprint density at radius 2 is 1.77 bits per heavy atom. The van der Waals surface area contributed by atoms with Crippen molar-refractivity contribution >= 4 is 28.0 Å². The lowest BCUT2D eigenvalue weighted by Crippen LogP contribution is -2.55. The molecule has 1 fully saturated rings. The second-order valence-corrected chi connectivity index (χ2v) is 16.0. The number of aryl methyl sites for hydroxylation is 2. The molecule has 1 aromatic heterocycles. The summed E-state index contributed by atoms with van der Waals surface area (Å²) in [5.74, 6) is 0.415. The summed E-state index contributed by atoms with van der Waals surface area (Å²) >= 11 is 0. The lowest BCUT2D eigenvalue weighted by Gasteiger charge is -2.47. The largest absolute Gasteiger partial charge is 0.475 e. The Labute approximate surface area is 283 Å². The van der Waals surface area contributed by atoms with E-state index in [-0.39, 0.29) is 52.8 Å². The molecule has 2 aliphatic rings. The fourth-order valence-electron chi connectivity index (χ4n) is 6.49. The highest BCUT2D eigenvalue weighted by Crippen LogP contribution is 2.38. The van der Waals surface area contributed by atoms with Crippen LogP contribution in [0, 0.1) is 25.7 Å². The van der Waals surface area contributed by atoms with Gasteiger partial charge in [-0.15, -0.1) is 0 Å². The molecule has 11 nitrogen and oxygen atoms in total. The van der Waals surface area contributed by atoms with Gasteiger partial charge in [0.15, 0.2) is 0 Å². The monoisotopic (exact) mass is 677 g/mol. The quantitative estimate of drug-likeness (QED) is 0.289. The van der Waals surface area contributed by atoms with Gasteiger partial charge in [-0.05, 0) is 101 Å². The summed E-state index contributed by atoms with van der Waals surface area (Å²) in [6, 6.07) is 13.4. The van der Waals surface area contributed by atoms with E-state index in [9.17, 15) is 18.0 Å². The smallest absolute Gasteiger partial charge is 0.407 e. The van der Waals surface area contributed by atoms with Crippen molar-refractivity contribution in [1.29, 1.82) is 0 Å². The summed E-state index contributed by atoms with van der Waals surface area (Å²) in [6.45, 7) is 14.3. The number of alkyl carbamates (subject to hydrolysis) is 1. The molecule has 1 aliphatic heterocycles. The third-order valence-corrected chi connectivity index (χ3v) is 10.0. The number of benzene rings is 2. The zero-order valence-electron chi connectivity index (χ0n) is 28.9. The van der Waals surface area contributed by atoms with Crippen LogP contribution in [0.4, 0.5) is 10.7 Å². The molecule has 1 aliphatic carbocycles. The molecular weight excluding hydrogens is 630 g/mol. The number of hydrogen-bond acceptors (Lipinski definition) is 8. The molecule has 0 unspecified atom stereocenters. The number of carbonyl (C=O) groups excluding carboxylic acids is 2. The highest BCUT2D eigenvalue weighted by molar-refractivity contribution is 7.92. The Morgan fingerprint density at radius 1 is 1.08 bits per heavy atom. The van der Waals surface area contributed by atoms with Crippen LogP contribution in [0.2, 0.25) is 0 Å². The first-order chi connectivity index (χ1) is 22.6. The fourth-order valence-corrected chi connectivity index (χ4v) is 7.48. The van der Waals surface area contributed by atoms with Crippen LogP contribution in [0.15, 0.2) is 53.4 Å². The molecule has 12 heteroatoms. The zero-order valence-corrected chi connectivity index (χ0v) is 29.7. The number of ether oxygens (including phenoxy) is 2. The summed E-state index contributed by atoms with van der Waals surface area (Å²) in [6.07, 6.45) is 2.49. The molecule has 1 atom stereocenters. The first-order valence-corrected chi connectivity index (χ1v) is 18.1. The number of aromatic nitrogens is 2. The van der Waals surface area contributed by atoms with Crippen LogP contribution in [0.3, 0.4) is 0 Å². The Hall–Kier alpha value is -4.19. The van der Waals surface area contributed by atoms with Crippen LogP contribution in [0.25, 0.3) is 11.3 Å². The molecular formula is C36H47N5O6S. The van der Waals surface area contributed by atoms with Crippen molar-refractivity contribution in [1.82, 2.24) is 20.2 Å². The van der Waals surface area contributed by atoms with Gasteiger partial charge in [0, 0.05) is 29.8 Å². The number of nitrogens with one attached hydrogen (secondary N) is 2. The second kappa shape index (κ2) is 14.1. The van der Waals surface area contributed by atoms with Gasteiger partial charge in [-0.2, -0.15) is 4.98 Å². The third-order valence-electron chi connectivity index (χ3n) is 8.68. The minimum atomic E-state index is -4.15. The van der Waals surface area contributed by atoms with Gasteiger partial charge in [0.05, 0.1) is 16.6 Å². The highest BCUT2D eigenvalue weighted by atomic mass is 32.2. The van der Waals surface area contributed by atoms with E-state index in [4.69, 9.17) is 9.47 Å². The number of sulfonamides is 1. The summed E-state index contributed by atoms with van der Waals surface area (Å²) in [4.78, 5) is 37.4. The number of amides is 2. The van der Waals surface area contributed by atoms with Crippen LogP contribution in [-0.2, 0) is 14.8 Å². The van der Waals surface area contributed by atoms with Crippen LogP contribution in [0.1, 0.15) is 81.8 Å².